The molecular weight excluding hydrogens is 250 g/mol. The minimum Gasteiger partial charge on any atom is -0.481 e. The van der Waals surface area contributed by atoms with Gasteiger partial charge in [0, 0.05) is 16.6 Å². The van der Waals surface area contributed by atoms with Gasteiger partial charge in [-0.3, -0.25) is 4.79 Å². The molecule has 0 saturated heterocycles. The molecule has 3 heteroatoms. The van der Waals surface area contributed by atoms with E-state index in [1.54, 1.807) is 0 Å². The van der Waals surface area contributed by atoms with Gasteiger partial charge in [0.2, 0.25) is 0 Å². The Kier molecular flexibility index (Phi) is 2.62. The Balaban J connectivity index is 1.77. The first-order valence-corrected chi connectivity index (χ1v) is 7.57. The summed E-state index contributed by atoms with van der Waals surface area (Å²) in [5.74, 6) is 0.0979. The number of hydrogen-bond donors (Lipinski definition) is 2. The third-order valence-electron chi connectivity index (χ3n) is 4.89. The lowest BCUT2D eigenvalue weighted by Gasteiger charge is -2.14. The average molecular weight is 269 g/mol. The van der Waals surface area contributed by atoms with Gasteiger partial charge in [-0.1, -0.05) is 6.07 Å². The number of H-pyrrole nitrogens is 1. The predicted octanol–water partition coefficient (Wildman–Crippen LogP) is 3.62. The molecule has 4 rings (SSSR count). The Hall–Kier alpha value is -1.77. The fourth-order valence-electron chi connectivity index (χ4n) is 3.74. The molecule has 2 N–H and O–H groups in total. The molecule has 0 bridgehead atoms. The number of carboxylic acid groups (broad SMARTS) is 1. The number of aromatic nitrogens is 1. The molecule has 2 aliphatic rings. The topological polar surface area (TPSA) is 53.1 Å². The lowest BCUT2D eigenvalue weighted by Crippen LogP contribution is -2.08. The lowest BCUT2D eigenvalue weighted by molar-refractivity contribution is -0.137. The number of benzene rings is 1. The minimum atomic E-state index is -0.679. The molecule has 104 valence electrons. The number of fused-ring (bicyclic) bond motifs is 3. The number of nitrogens with one attached hydrogen (secondary N) is 1. The maximum absolute atomic E-state index is 11.1. The predicted molar refractivity (Wildman–Crippen MR) is 78.0 cm³/mol. The summed E-state index contributed by atoms with van der Waals surface area (Å²) in [6, 6.07) is 6.52. The summed E-state index contributed by atoms with van der Waals surface area (Å²) >= 11 is 0. The first-order valence-electron chi connectivity index (χ1n) is 7.57. The van der Waals surface area contributed by atoms with E-state index >= 15 is 0 Å². The van der Waals surface area contributed by atoms with E-state index in [4.69, 9.17) is 5.11 Å². The molecule has 3 nitrogen and oxygen atoms in total. The van der Waals surface area contributed by atoms with Gasteiger partial charge in [-0.15, -0.1) is 0 Å². The first-order chi connectivity index (χ1) is 9.72. The zero-order chi connectivity index (χ0) is 13.7. The number of aliphatic carboxylic acids is 1. The standard InChI is InChI=1S/C17H19NO2/c19-17(20)9-13(10-4-5-10)11-6-7-16-14(8-11)12-2-1-3-15(12)18-16/h6-8,10,13,18H,1-5,9H2,(H,19,20). The largest absolute Gasteiger partial charge is 0.481 e. The van der Waals surface area contributed by atoms with Gasteiger partial charge in [0.1, 0.15) is 0 Å². The molecule has 0 radical (unpaired) electrons. The van der Waals surface area contributed by atoms with Crippen LogP contribution in [0.1, 0.15) is 48.4 Å². The highest BCUT2D eigenvalue weighted by atomic mass is 16.4. The summed E-state index contributed by atoms with van der Waals surface area (Å²) in [5, 5.41) is 10.5. The van der Waals surface area contributed by atoms with E-state index < -0.39 is 5.97 Å². The fourth-order valence-corrected chi connectivity index (χ4v) is 3.74. The van der Waals surface area contributed by atoms with Gasteiger partial charge in [-0.05, 0) is 67.2 Å². The van der Waals surface area contributed by atoms with Crippen molar-refractivity contribution < 1.29 is 9.90 Å². The number of carbonyl (C=O) groups is 1. The van der Waals surface area contributed by atoms with Crippen LogP contribution in [0.25, 0.3) is 10.9 Å². The van der Waals surface area contributed by atoms with Gasteiger partial charge in [-0.25, -0.2) is 0 Å². The van der Waals surface area contributed by atoms with Crippen LogP contribution in [0.3, 0.4) is 0 Å². The molecular formula is C17H19NO2. The molecule has 0 aliphatic heterocycles. The lowest BCUT2D eigenvalue weighted by atomic mass is 9.90. The highest BCUT2D eigenvalue weighted by Gasteiger charge is 2.34. The quantitative estimate of drug-likeness (QED) is 0.890. The third-order valence-corrected chi connectivity index (χ3v) is 4.89. The van der Waals surface area contributed by atoms with Crippen molar-refractivity contribution in [3.63, 3.8) is 0 Å². The Morgan fingerprint density at radius 3 is 2.95 bits per heavy atom. The summed E-state index contributed by atoms with van der Waals surface area (Å²) < 4.78 is 0. The van der Waals surface area contributed by atoms with Crippen LogP contribution < -0.4 is 0 Å². The molecule has 1 fully saturated rings. The van der Waals surface area contributed by atoms with Gasteiger partial charge in [-0.2, -0.15) is 0 Å². The number of aromatic amines is 1. The maximum Gasteiger partial charge on any atom is 0.303 e. The molecule has 1 unspecified atom stereocenters. The van der Waals surface area contributed by atoms with Crippen LogP contribution in [0.5, 0.6) is 0 Å². The van der Waals surface area contributed by atoms with E-state index in [9.17, 15) is 4.79 Å². The van der Waals surface area contributed by atoms with Crippen LogP contribution in [-0.2, 0) is 17.6 Å². The Labute approximate surface area is 118 Å². The Morgan fingerprint density at radius 2 is 2.20 bits per heavy atom. The minimum absolute atomic E-state index is 0.198. The van der Waals surface area contributed by atoms with Gasteiger partial charge in [0.25, 0.3) is 0 Å². The van der Waals surface area contributed by atoms with Crippen molar-refractivity contribution in [2.45, 2.75) is 44.4 Å². The molecule has 1 atom stereocenters. The van der Waals surface area contributed by atoms with Crippen molar-refractivity contribution in [2.24, 2.45) is 5.92 Å². The van der Waals surface area contributed by atoms with Gasteiger partial charge < -0.3 is 10.1 Å². The van der Waals surface area contributed by atoms with E-state index in [0.717, 1.165) is 12.8 Å². The Morgan fingerprint density at radius 1 is 1.35 bits per heavy atom. The second kappa shape index (κ2) is 4.37. The van der Waals surface area contributed by atoms with Crippen LogP contribution in [0.2, 0.25) is 0 Å². The molecule has 1 heterocycles. The molecule has 1 aromatic heterocycles. The number of rotatable bonds is 4. The SMILES string of the molecule is O=C(O)CC(c1ccc2[nH]c3c(c2c1)CCC3)C1CC1. The fraction of sp³-hybridized carbons (Fsp3) is 0.471. The summed E-state index contributed by atoms with van der Waals surface area (Å²) in [6.45, 7) is 0. The number of carboxylic acids is 1. The molecule has 2 aliphatic carbocycles. The van der Waals surface area contributed by atoms with E-state index in [2.05, 4.69) is 23.2 Å². The van der Waals surface area contributed by atoms with Crippen molar-refractivity contribution >= 4 is 16.9 Å². The highest BCUT2D eigenvalue weighted by molar-refractivity contribution is 5.86. The summed E-state index contributed by atoms with van der Waals surface area (Å²) in [5.41, 5.74) is 5.28. The normalized spacial score (nSPS) is 19.2. The van der Waals surface area contributed by atoms with Crippen LogP contribution >= 0.6 is 0 Å². The van der Waals surface area contributed by atoms with Crippen LogP contribution in [-0.4, -0.2) is 16.1 Å². The van der Waals surface area contributed by atoms with E-state index in [-0.39, 0.29) is 12.3 Å². The van der Waals surface area contributed by atoms with Crippen molar-refractivity contribution in [3.05, 3.63) is 35.0 Å². The summed E-state index contributed by atoms with van der Waals surface area (Å²) in [7, 11) is 0. The average Bonchev–Trinajstić information content (AvgIpc) is 3.05. The second-order valence-electron chi connectivity index (χ2n) is 6.28. The summed E-state index contributed by atoms with van der Waals surface area (Å²) in [6.07, 6.45) is 6.18. The van der Waals surface area contributed by atoms with E-state index in [0.29, 0.717) is 5.92 Å². The third kappa shape index (κ3) is 1.92. The van der Waals surface area contributed by atoms with Gasteiger partial charge >= 0.3 is 5.97 Å². The van der Waals surface area contributed by atoms with Crippen LogP contribution in [0.4, 0.5) is 0 Å². The molecule has 1 aromatic carbocycles. The molecule has 20 heavy (non-hydrogen) atoms. The monoisotopic (exact) mass is 269 g/mol. The highest BCUT2D eigenvalue weighted by Crippen LogP contribution is 2.45. The first kappa shape index (κ1) is 12.0. The Bertz CT molecular complexity index is 682. The summed E-state index contributed by atoms with van der Waals surface area (Å²) in [4.78, 5) is 14.6. The molecule has 1 saturated carbocycles. The number of aryl methyl sites for hydroxylation is 2. The second-order valence-corrected chi connectivity index (χ2v) is 6.28. The van der Waals surface area contributed by atoms with Gasteiger partial charge in [0.15, 0.2) is 0 Å². The molecule has 2 aromatic rings. The zero-order valence-corrected chi connectivity index (χ0v) is 11.5. The zero-order valence-electron chi connectivity index (χ0n) is 11.5. The van der Waals surface area contributed by atoms with Crippen LogP contribution in [0, 0.1) is 5.92 Å². The van der Waals surface area contributed by atoms with Crippen molar-refractivity contribution in [2.75, 3.05) is 0 Å². The van der Waals surface area contributed by atoms with Crippen molar-refractivity contribution in [1.82, 2.24) is 4.98 Å². The van der Waals surface area contributed by atoms with Crippen LogP contribution in [0.15, 0.2) is 18.2 Å². The van der Waals surface area contributed by atoms with Gasteiger partial charge in [0.05, 0.1) is 6.42 Å². The van der Waals surface area contributed by atoms with E-state index in [1.165, 1.54) is 47.0 Å². The van der Waals surface area contributed by atoms with Crippen molar-refractivity contribution in [3.8, 4) is 0 Å². The van der Waals surface area contributed by atoms with E-state index in [1.807, 2.05) is 0 Å². The van der Waals surface area contributed by atoms with Crippen molar-refractivity contribution in [1.29, 1.82) is 0 Å². The maximum atomic E-state index is 11.1. The number of hydrogen-bond acceptors (Lipinski definition) is 1. The smallest absolute Gasteiger partial charge is 0.303 e. The molecule has 0 spiro atoms. The molecule has 0 amide bonds.